The Morgan fingerprint density at radius 3 is 2.87 bits per heavy atom. The first kappa shape index (κ1) is 16.0. The number of carbonyl (C=O) groups is 2. The Kier molecular flexibility index (Phi) is 4.66. The molecule has 23 heavy (non-hydrogen) atoms. The fourth-order valence-corrected chi connectivity index (χ4v) is 3.55. The number of likely N-dealkylation sites (tertiary alicyclic amines) is 1. The molecule has 3 heterocycles. The fourth-order valence-electron chi connectivity index (χ4n) is 3.55. The predicted molar refractivity (Wildman–Crippen MR) is 85.7 cm³/mol. The summed E-state index contributed by atoms with van der Waals surface area (Å²) in [6.07, 6.45) is 6.56. The Bertz CT molecular complexity index is 551. The second kappa shape index (κ2) is 6.70. The van der Waals surface area contributed by atoms with Gasteiger partial charge in [-0.3, -0.25) is 14.3 Å². The first-order chi connectivity index (χ1) is 11.1. The van der Waals surface area contributed by atoms with E-state index < -0.39 is 5.54 Å². The number of nitrogens with zero attached hydrogens (tertiary/aromatic N) is 3. The van der Waals surface area contributed by atoms with Gasteiger partial charge in [-0.25, -0.2) is 0 Å². The molecule has 2 aliphatic heterocycles. The molecule has 3 rings (SSSR count). The Hall–Kier alpha value is -1.89. The smallest absolute Gasteiger partial charge is 0.248 e. The van der Waals surface area contributed by atoms with E-state index in [-0.39, 0.29) is 17.9 Å². The van der Waals surface area contributed by atoms with E-state index in [1.807, 2.05) is 24.1 Å². The minimum absolute atomic E-state index is 0.00171. The molecule has 0 radical (unpaired) electrons. The summed E-state index contributed by atoms with van der Waals surface area (Å²) in [5.41, 5.74) is -0.627. The average Bonchev–Trinajstić information content (AvgIpc) is 3.21. The molecule has 1 atom stereocenters. The Balaban J connectivity index is 1.67. The van der Waals surface area contributed by atoms with Crippen LogP contribution in [0, 0.1) is 0 Å². The van der Waals surface area contributed by atoms with E-state index in [9.17, 15) is 9.59 Å². The molecule has 1 aromatic heterocycles. The summed E-state index contributed by atoms with van der Waals surface area (Å²) < 4.78 is 1.79. The van der Waals surface area contributed by atoms with Gasteiger partial charge in [0.05, 0.1) is 0 Å². The number of carbonyl (C=O) groups excluding carboxylic acids is 2. The van der Waals surface area contributed by atoms with Crippen molar-refractivity contribution in [2.45, 2.75) is 44.2 Å². The van der Waals surface area contributed by atoms with Crippen molar-refractivity contribution in [3.63, 3.8) is 0 Å². The third kappa shape index (κ3) is 3.24. The Morgan fingerprint density at radius 1 is 1.48 bits per heavy atom. The number of hydrogen-bond donors (Lipinski definition) is 2. The summed E-state index contributed by atoms with van der Waals surface area (Å²) in [5.74, 6) is 0.191. The summed E-state index contributed by atoms with van der Waals surface area (Å²) in [5, 5.41) is 10.7. The lowest BCUT2D eigenvalue weighted by atomic mass is 9.87. The maximum atomic E-state index is 13.0. The van der Waals surface area contributed by atoms with Crippen LogP contribution >= 0.6 is 0 Å². The molecule has 0 saturated carbocycles. The molecule has 0 spiro atoms. The summed E-state index contributed by atoms with van der Waals surface area (Å²) in [7, 11) is 0. The molecular formula is C16H25N5O2. The fraction of sp³-hybridized carbons (Fsp3) is 0.688. The van der Waals surface area contributed by atoms with E-state index in [0.29, 0.717) is 13.0 Å². The van der Waals surface area contributed by atoms with Crippen LogP contribution in [0.25, 0.3) is 0 Å². The molecule has 1 aromatic rings. The summed E-state index contributed by atoms with van der Waals surface area (Å²) in [6, 6.07) is 1.79. The number of aromatic nitrogens is 2. The van der Waals surface area contributed by atoms with E-state index in [1.165, 1.54) is 0 Å². The van der Waals surface area contributed by atoms with Gasteiger partial charge in [0.1, 0.15) is 5.54 Å². The molecular weight excluding hydrogens is 294 g/mol. The lowest BCUT2D eigenvalue weighted by Gasteiger charge is -2.37. The van der Waals surface area contributed by atoms with Gasteiger partial charge in [-0.05, 0) is 45.3 Å². The molecule has 0 aromatic carbocycles. The second-order valence-electron chi connectivity index (χ2n) is 6.55. The van der Waals surface area contributed by atoms with Crippen molar-refractivity contribution >= 4 is 11.8 Å². The number of hydrogen-bond acceptors (Lipinski definition) is 4. The van der Waals surface area contributed by atoms with Crippen LogP contribution in [-0.2, 0) is 15.1 Å². The minimum Gasteiger partial charge on any atom is -0.350 e. The van der Waals surface area contributed by atoms with Crippen molar-refractivity contribution in [2.24, 2.45) is 0 Å². The molecule has 2 aliphatic rings. The zero-order valence-electron chi connectivity index (χ0n) is 13.6. The number of amides is 2. The zero-order chi connectivity index (χ0) is 16.3. The van der Waals surface area contributed by atoms with Crippen molar-refractivity contribution < 1.29 is 9.59 Å². The highest BCUT2D eigenvalue weighted by Gasteiger charge is 2.42. The number of piperidine rings is 1. The van der Waals surface area contributed by atoms with Crippen molar-refractivity contribution in [3.05, 3.63) is 18.5 Å². The lowest BCUT2D eigenvalue weighted by Crippen LogP contribution is -2.57. The molecule has 1 unspecified atom stereocenters. The molecule has 7 heteroatoms. The summed E-state index contributed by atoms with van der Waals surface area (Å²) in [6.45, 7) is 4.94. The Morgan fingerprint density at radius 2 is 2.26 bits per heavy atom. The Labute approximate surface area is 136 Å². The summed E-state index contributed by atoms with van der Waals surface area (Å²) in [4.78, 5) is 26.6. The van der Waals surface area contributed by atoms with Crippen molar-refractivity contribution in [1.29, 1.82) is 0 Å². The van der Waals surface area contributed by atoms with Crippen molar-refractivity contribution in [2.75, 3.05) is 26.2 Å². The van der Waals surface area contributed by atoms with Crippen LogP contribution in [0.4, 0.5) is 0 Å². The van der Waals surface area contributed by atoms with Gasteiger partial charge in [0.2, 0.25) is 11.8 Å². The van der Waals surface area contributed by atoms with Crippen LogP contribution < -0.4 is 10.6 Å². The molecule has 0 aliphatic carbocycles. The standard InChI is InChI=1S/C16H25N5O2/c1-13(12-20-10-2-4-14(20)22)19-15(23)16(5-8-17-9-6-16)21-11-3-7-18-21/h3,7,11,13,17H,2,4-6,8-10,12H2,1H3,(H,19,23). The maximum Gasteiger partial charge on any atom is 0.248 e. The van der Waals surface area contributed by atoms with Gasteiger partial charge >= 0.3 is 0 Å². The first-order valence-corrected chi connectivity index (χ1v) is 8.41. The van der Waals surface area contributed by atoms with E-state index in [2.05, 4.69) is 15.7 Å². The zero-order valence-corrected chi connectivity index (χ0v) is 13.6. The lowest BCUT2D eigenvalue weighted by molar-refractivity contribution is -0.134. The van der Waals surface area contributed by atoms with Crippen molar-refractivity contribution in [1.82, 2.24) is 25.3 Å². The average molecular weight is 319 g/mol. The third-order valence-electron chi connectivity index (χ3n) is 4.84. The van der Waals surface area contributed by atoms with Gasteiger partial charge in [0, 0.05) is 37.9 Å². The second-order valence-corrected chi connectivity index (χ2v) is 6.55. The van der Waals surface area contributed by atoms with Crippen LogP contribution in [-0.4, -0.2) is 58.7 Å². The quantitative estimate of drug-likeness (QED) is 0.806. The molecule has 2 saturated heterocycles. The van der Waals surface area contributed by atoms with Gasteiger partial charge in [-0.15, -0.1) is 0 Å². The molecule has 2 N–H and O–H groups in total. The van der Waals surface area contributed by atoms with Crippen LogP contribution in [0.5, 0.6) is 0 Å². The van der Waals surface area contributed by atoms with E-state index >= 15 is 0 Å². The first-order valence-electron chi connectivity index (χ1n) is 8.41. The van der Waals surface area contributed by atoms with Crippen LogP contribution in [0.2, 0.25) is 0 Å². The van der Waals surface area contributed by atoms with Crippen LogP contribution in [0.1, 0.15) is 32.6 Å². The van der Waals surface area contributed by atoms with E-state index in [4.69, 9.17) is 0 Å². The molecule has 2 fully saturated rings. The maximum absolute atomic E-state index is 13.0. The highest BCUT2D eigenvalue weighted by atomic mass is 16.2. The normalized spacial score (nSPS) is 22.1. The van der Waals surface area contributed by atoms with E-state index in [0.717, 1.165) is 38.9 Å². The van der Waals surface area contributed by atoms with Crippen LogP contribution in [0.3, 0.4) is 0 Å². The van der Waals surface area contributed by atoms with Crippen molar-refractivity contribution in [3.8, 4) is 0 Å². The van der Waals surface area contributed by atoms with Gasteiger partial charge in [0.25, 0.3) is 0 Å². The van der Waals surface area contributed by atoms with Gasteiger partial charge < -0.3 is 15.5 Å². The SMILES string of the molecule is CC(CN1CCCC1=O)NC(=O)C1(n2cccn2)CCNCC1. The molecule has 0 bridgehead atoms. The summed E-state index contributed by atoms with van der Waals surface area (Å²) >= 11 is 0. The predicted octanol–water partition coefficient (Wildman–Crippen LogP) is 0.0889. The molecule has 126 valence electrons. The number of nitrogens with one attached hydrogen (secondary N) is 2. The monoisotopic (exact) mass is 319 g/mol. The third-order valence-corrected chi connectivity index (χ3v) is 4.84. The van der Waals surface area contributed by atoms with Gasteiger partial charge in [-0.1, -0.05) is 0 Å². The molecule has 7 nitrogen and oxygen atoms in total. The minimum atomic E-state index is -0.627. The highest BCUT2D eigenvalue weighted by Crippen LogP contribution is 2.27. The van der Waals surface area contributed by atoms with Gasteiger partial charge in [0.15, 0.2) is 0 Å². The van der Waals surface area contributed by atoms with Crippen LogP contribution in [0.15, 0.2) is 18.5 Å². The highest BCUT2D eigenvalue weighted by molar-refractivity contribution is 5.85. The van der Waals surface area contributed by atoms with E-state index in [1.54, 1.807) is 10.9 Å². The topological polar surface area (TPSA) is 79.3 Å². The van der Waals surface area contributed by atoms with Gasteiger partial charge in [-0.2, -0.15) is 5.10 Å². The number of rotatable bonds is 5. The molecule has 2 amide bonds. The largest absolute Gasteiger partial charge is 0.350 e.